The SMILES string of the molecule is COc1ccccc1-c1cnc2cc(Br)cnc2n1. The van der Waals surface area contributed by atoms with E-state index in [1.54, 1.807) is 19.5 Å². The number of rotatable bonds is 2. The summed E-state index contributed by atoms with van der Waals surface area (Å²) in [6.07, 6.45) is 3.44. The molecule has 94 valence electrons. The van der Waals surface area contributed by atoms with Gasteiger partial charge in [-0.2, -0.15) is 0 Å². The zero-order valence-electron chi connectivity index (χ0n) is 10.2. The molecule has 4 nitrogen and oxygen atoms in total. The van der Waals surface area contributed by atoms with Gasteiger partial charge in [0.2, 0.25) is 0 Å². The van der Waals surface area contributed by atoms with Crippen molar-refractivity contribution in [1.82, 2.24) is 15.0 Å². The Morgan fingerprint density at radius 3 is 2.79 bits per heavy atom. The summed E-state index contributed by atoms with van der Waals surface area (Å²) >= 11 is 3.37. The van der Waals surface area contributed by atoms with Crippen molar-refractivity contribution in [3.63, 3.8) is 0 Å². The molecule has 0 atom stereocenters. The van der Waals surface area contributed by atoms with Crippen LogP contribution in [0.3, 0.4) is 0 Å². The van der Waals surface area contributed by atoms with Crippen LogP contribution in [-0.4, -0.2) is 22.1 Å². The summed E-state index contributed by atoms with van der Waals surface area (Å²) < 4.78 is 6.22. The fraction of sp³-hybridized carbons (Fsp3) is 0.0714. The predicted molar refractivity (Wildman–Crippen MR) is 77.0 cm³/mol. The number of fused-ring (bicyclic) bond motifs is 1. The van der Waals surface area contributed by atoms with E-state index in [9.17, 15) is 0 Å². The van der Waals surface area contributed by atoms with E-state index in [1.165, 1.54) is 0 Å². The van der Waals surface area contributed by atoms with Gasteiger partial charge in [-0.15, -0.1) is 0 Å². The van der Waals surface area contributed by atoms with Gasteiger partial charge in [0, 0.05) is 16.2 Å². The summed E-state index contributed by atoms with van der Waals surface area (Å²) in [7, 11) is 1.64. The topological polar surface area (TPSA) is 47.9 Å². The van der Waals surface area contributed by atoms with Gasteiger partial charge in [0.25, 0.3) is 0 Å². The van der Waals surface area contributed by atoms with Crippen molar-refractivity contribution in [3.05, 3.63) is 47.2 Å². The minimum absolute atomic E-state index is 0.617. The Bertz CT molecular complexity index is 746. The van der Waals surface area contributed by atoms with E-state index in [0.717, 1.165) is 27.0 Å². The Labute approximate surface area is 118 Å². The number of hydrogen-bond donors (Lipinski definition) is 0. The number of methoxy groups -OCH3 is 1. The van der Waals surface area contributed by atoms with Gasteiger partial charge in [-0.05, 0) is 34.1 Å². The molecule has 2 aromatic heterocycles. The molecule has 3 rings (SSSR count). The van der Waals surface area contributed by atoms with E-state index >= 15 is 0 Å². The van der Waals surface area contributed by atoms with Gasteiger partial charge in [0.1, 0.15) is 11.3 Å². The lowest BCUT2D eigenvalue weighted by molar-refractivity contribution is 0.416. The van der Waals surface area contributed by atoms with Crippen LogP contribution in [0.25, 0.3) is 22.4 Å². The van der Waals surface area contributed by atoms with Crippen LogP contribution in [0.4, 0.5) is 0 Å². The summed E-state index contributed by atoms with van der Waals surface area (Å²) in [6, 6.07) is 9.61. The van der Waals surface area contributed by atoms with Crippen LogP contribution < -0.4 is 4.74 Å². The largest absolute Gasteiger partial charge is 0.496 e. The molecule has 3 aromatic rings. The first-order chi connectivity index (χ1) is 9.28. The number of para-hydroxylation sites is 1. The minimum atomic E-state index is 0.617. The normalized spacial score (nSPS) is 10.6. The van der Waals surface area contributed by atoms with Crippen LogP contribution in [-0.2, 0) is 0 Å². The summed E-state index contributed by atoms with van der Waals surface area (Å²) in [6.45, 7) is 0. The van der Waals surface area contributed by atoms with Gasteiger partial charge < -0.3 is 4.74 Å². The van der Waals surface area contributed by atoms with Gasteiger partial charge in [-0.1, -0.05) is 12.1 Å². The number of hydrogen-bond acceptors (Lipinski definition) is 4. The molecule has 0 amide bonds. The summed E-state index contributed by atoms with van der Waals surface area (Å²) in [4.78, 5) is 13.2. The number of benzene rings is 1. The smallest absolute Gasteiger partial charge is 0.178 e. The van der Waals surface area contributed by atoms with Gasteiger partial charge in [-0.3, -0.25) is 4.98 Å². The Kier molecular flexibility index (Phi) is 3.13. The van der Waals surface area contributed by atoms with Gasteiger partial charge >= 0.3 is 0 Å². The Morgan fingerprint density at radius 2 is 1.95 bits per heavy atom. The molecule has 0 saturated heterocycles. The molecule has 0 fully saturated rings. The third-order valence-electron chi connectivity index (χ3n) is 2.75. The first-order valence-electron chi connectivity index (χ1n) is 5.69. The van der Waals surface area contributed by atoms with Crippen LogP contribution in [0.2, 0.25) is 0 Å². The average Bonchev–Trinajstić information content (AvgIpc) is 2.46. The Hall–Kier alpha value is -2.01. The van der Waals surface area contributed by atoms with Crippen molar-refractivity contribution < 1.29 is 4.74 Å². The van der Waals surface area contributed by atoms with Gasteiger partial charge in [-0.25, -0.2) is 9.97 Å². The average molecular weight is 316 g/mol. The highest BCUT2D eigenvalue weighted by Gasteiger charge is 2.08. The third-order valence-corrected chi connectivity index (χ3v) is 3.18. The van der Waals surface area contributed by atoms with Crippen LogP contribution in [0.1, 0.15) is 0 Å². The summed E-state index contributed by atoms with van der Waals surface area (Å²) in [5.74, 6) is 0.772. The highest BCUT2D eigenvalue weighted by molar-refractivity contribution is 9.10. The lowest BCUT2D eigenvalue weighted by Crippen LogP contribution is -1.93. The quantitative estimate of drug-likeness (QED) is 0.726. The number of pyridine rings is 1. The van der Waals surface area contributed by atoms with Crippen molar-refractivity contribution in [2.45, 2.75) is 0 Å². The van der Waals surface area contributed by atoms with Crippen LogP contribution in [0, 0.1) is 0 Å². The Balaban J connectivity index is 2.18. The monoisotopic (exact) mass is 315 g/mol. The molecule has 0 unspecified atom stereocenters. The molecule has 0 bridgehead atoms. The van der Waals surface area contributed by atoms with Crippen molar-refractivity contribution in [3.8, 4) is 17.0 Å². The lowest BCUT2D eigenvalue weighted by Gasteiger charge is -2.07. The van der Waals surface area contributed by atoms with Crippen molar-refractivity contribution in [2.24, 2.45) is 0 Å². The van der Waals surface area contributed by atoms with Crippen LogP contribution in [0.5, 0.6) is 5.75 Å². The third kappa shape index (κ3) is 2.29. The molecule has 2 heterocycles. The van der Waals surface area contributed by atoms with Gasteiger partial charge in [0.15, 0.2) is 5.65 Å². The van der Waals surface area contributed by atoms with E-state index in [4.69, 9.17) is 4.74 Å². The highest BCUT2D eigenvalue weighted by atomic mass is 79.9. The molecule has 0 aliphatic rings. The van der Waals surface area contributed by atoms with E-state index in [0.29, 0.717) is 5.65 Å². The molecule has 0 N–H and O–H groups in total. The number of ether oxygens (including phenoxy) is 1. The van der Waals surface area contributed by atoms with Crippen molar-refractivity contribution in [2.75, 3.05) is 7.11 Å². The number of aromatic nitrogens is 3. The second-order valence-electron chi connectivity index (χ2n) is 3.95. The Morgan fingerprint density at radius 1 is 1.11 bits per heavy atom. The molecule has 0 radical (unpaired) electrons. The predicted octanol–water partition coefficient (Wildman–Crippen LogP) is 3.46. The number of halogens is 1. The molecular formula is C14H10BrN3O. The summed E-state index contributed by atoms with van der Waals surface area (Å²) in [5, 5.41) is 0. The fourth-order valence-electron chi connectivity index (χ4n) is 1.86. The summed E-state index contributed by atoms with van der Waals surface area (Å²) in [5.41, 5.74) is 3.03. The van der Waals surface area contributed by atoms with Crippen molar-refractivity contribution in [1.29, 1.82) is 0 Å². The molecular weight excluding hydrogens is 306 g/mol. The molecule has 0 aliphatic carbocycles. The fourth-order valence-corrected chi connectivity index (χ4v) is 2.18. The van der Waals surface area contributed by atoms with Crippen molar-refractivity contribution >= 4 is 27.1 Å². The maximum absolute atomic E-state index is 5.34. The second kappa shape index (κ2) is 4.93. The van der Waals surface area contributed by atoms with Gasteiger partial charge in [0.05, 0.1) is 19.0 Å². The zero-order valence-corrected chi connectivity index (χ0v) is 11.8. The first-order valence-corrected chi connectivity index (χ1v) is 6.49. The lowest BCUT2D eigenvalue weighted by atomic mass is 10.1. The molecule has 0 aliphatic heterocycles. The van der Waals surface area contributed by atoms with Crippen LogP contribution in [0.15, 0.2) is 47.2 Å². The molecule has 0 saturated carbocycles. The van der Waals surface area contributed by atoms with E-state index < -0.39 is 0 Å². The minimum Gasteiger partial charge on any atom is -0.496 e. The van der Waals surface area contributed by atoms with Crippen LogP contribution >= 0.6 is 15.9 Å². The highest BCUT2D eigenvalue weighted by Crippen LogP contribution is 2.28. The molecule has 0 spiro atoms. The first kappa shape index (κ1) is 12.0. The molecule has 5 heteroatoms. The van der Waals surface area contributed by atoms with E-state index in [-0.39, 0.29) is 0 Å². The molecule has 19 heavy (non-hydrogen) atoms. The molecule has 1 aromatic carbocycles. The maximum atomic E-state index is 5.34. The van der Waals surface area contributed by atoms with E-state index in [2.05, 4.69) is 30.9 Å². The second-order valence-corrected chi connectivity index (χ2v) is 4.87. The van der Waals surface area contributed by atoms with E-state index in [1.807, 2.05) is 30.3 Å². The standard InChI is InChI=1S/C14H10BrN3O/c1-19-13-5-3-2-4-10(13)12-8-16-11-6-9(15)7-17-14(11)18-12/h2-8H,1H3. The zero-order chi connectivity index (χ0) is 13.2. The maximum Gasteiger partial charge on any atom is 0.178 e. The number of nitrogens with zero attached hydrogens (tertiary/aromatic N) is 3.